The molecule has 3 rings (SSSR count). The fraction of sp³-hybridized carbons (Fsp3) is 0.647. The van der Waals surface area contributed by atoms with E-state index >= 15 is 0 Å². The van der Waals surface area contributed by atoms with Gasteiger partial charge in [0.25, 0.3) is 0 Å². The lowest BCUT2D eigenvalue weighted by atomic mass is 10.1. The van der Waals surface area contributed by atoms with Crippen molar-refractivity contribution >= 4 is 17.3 Å². The number of benzene rings is 1. The summed E-state index contributed by atoms with van der Waals surface area (Å²) >= 11 is 6.51. The zero-order valence-electron chi connectivity index (χ0n) is 12.9. The lowest BCUT2D eigenvalue weighted by molar-refractivity contribution is 0.0305. The van der Waals surface area contributed by atoms with Gasteiger partial charge in [0.1, 0.15) is 0 Å². The molecular weight excluding hydrogens is 284 g/mol. The third-order valence-corrected chi connectivity index (χ3v) is 4.58. The van der Waals surface area contributed by atoms with Crippen molar-refractivity contribution in [3.8, 4) is 0 Å². The Hall–Kier alpha value is -0.770. The molecule has 2 aliphatic rings. The maximum absolute atomic E-state index is 6.51. The van der Waals surface area contributed by atoms with Gasteiger partial charge in [0.15, 0.2) is 0 Å². The van der Waals surface area contributed by atoms with E-state index < -0.39 is 0 Å². The van der Waals surface area contributed by atoms with Gasteiger partial charge in [-0.2, -0.15) is 0 Å². The molecule has 2 heterocycles. The van der Waals surface area contributed by atoms with E-state index in [1.165, 1.54) is 18.4 Å². The second kappa shape index (κ2) is 6.55. The molecule has 0 aliphatic carbocycles. The molecule has 1 N–H and O–H groups in total. The molecule has 2 aliphatic heterocycles. The van der Waals surface area contributed by atoms with E-state index in [1.807, 2.05) is 0 Å². The molecule has 1 aromatic carbocycles. The summed E-state index contributed by atoms with van der Waals surface area (Å²) in [5, 5.41) is 4.32. The highest BCUT2D eigenvalue weighted by molar-refractivity contribution is 6.33. The predicted octanol–water partition coefficient (Wildman–Crippen LogP) is 3.45. The number of hydrogen-bond acceptors (Lipinski definition) is 3. The first-order valence-electron chi connectivity index (χ1n) is 8.01. The Labute approximate surface area is 132 Å². The number of hydrogen-bond donors (Lipinski definition) is 1. The van der Waals surface area contributed by atoms with Gasteiger partial charge in [-0.15, -0.1) is 0 Å². The Balaban J connectivity index is 1.64. The largest absolute Gasteiger partial charge is 0.371 e. The Morgan fingerprint density at radius 2 is 2.00 bits per heavy atom. The van der Waals surface area contributed by atoms with Gasteiger partial charge in [0.2, 0.25) is 0 Å². The monoisotopic (exact) mass is 308 g/mol. The standard InChI is InChI=1S/C17H25ClN2O/c1-12(2)8-19-9-13-3-6-17(16(18)7-13)20-10-14-4-5-15(11-20)21-14/h3,6-7,12,14-15,19H,4-5,8-11H2,1-2H3. The molecule has 0 amide bonds. The van der Waals surface area contributed by atoms with Crippen molar-refractivity contribution in [2.75, 3.05) is 24.5 Å². The van der Waals surface area contributed by atoms with Crippen LogP contribution in [0.2, 0.25) is 5.02 Å². The highest BCUT2D eigenvalue weighted by Gasteiger charge is 2.34. The molecule has 2 atom stereocenters. The molecule has 2 fully saturated rings. The van der Waals surface area contributed by atoms with Gasteiger partial charge in [-0.05, 0) is 43.0 Å². The van der Waals surface area contributed by atoms with E-state index in [0.717, 1.165) is 36.9 Å². The van der Waals surface area contributed by atoms with Crippen molar-refractivity contribution in [3.05, 3.63) is 28.8 Å². The molecule has 1 aromatic rings. The van der Waals surface area contributed by atoms with Crippen molar-refractivity contribution in [3.63, 3.8) is 0 Å². The normalized spacial score (nSPS) is 24.9. The van der Waals surface area contributed by atoms with E-state index in [1.54, 1.807) is 0 Å². The van der Waals surface area contributed by atoms with Gasteiger partial charge < -0.3 is 15.0 Å². The van der Waals surface area contributed by atoms with Crippen molar-refractivity contribution in [2.45, 2.75) is 45.4 Å². The maximum atomic E-state index is 6.51. The highest BCUT2D eigenvalue weighted by Crippen LogP contribution is 2.33. The number of ether oxygens (including phenoxy) is 1. The van der Waals surface area contributed by atoms with Crippen LogP contribution in [0.4, 0.5) is 5.69 Å². The second-order valence-corrected chi connectivity index (χ2v) is 7.08. The molecule has 4 heteroatoms. The van der Waals surface area contributed by atoms with Crippen molar-refractivity contribution in [2.24, 2.45) is 5.92 Å². The van der Waals surface area contributed by atoms with Crippen LogP contribution in [0.25, 0.3) is 0 Å². The Kier molecular flexibility index (Phi) is 4.72. The average Bonchev–Trinajstić information content (AvgIpc) is 2.77. The van der Waals surface area contributed by atoms with Crippen LogP contribution in [0.5, 0.6) is 0 Å². The molecular formula is C17H25ClN2O. The van der Waals surface area contributed by atoms with Crippen LogP contribution >= 0.6 is 11.6 Å². The van der Waals surface area contributed by atoms with Crippen LogP contribution in [-0.4, -0.2) is 31.8 Å². The average molecular weight is 309 g/mol. The minimum absolute atomic E-state index is 0.396. The molecule has 0 spiro atoms. The molecule has 116 valence electrons. The minimum atomic E-state index is 0.396. The summed E-state index contributed by atoms with van der Waals surface area (Å²) in [5.74, 6) is 0.670. The Morgan fingerprint density at radius 3 is 2.62 bits per heavy atom. The van der Waals surface area contributed by atoms with Crippen LogP contribution in [0.15, 0.2) is 18.2 Å². The van der Waals surface area contributed by atoms with Crippen molar-refractivity contribution in [1.82, 2.24) is 5.32 Å². The summed E-state index contributed by atoms with van der Waals surface area (Å²) in [6.07, 6.45) is 3.17. The summed E-state index contributed by atoms with van der Waals surface area (Å²) in [4.78, 5) is 2.39. The quantitative estimate of drug-likeness (QED) is 0.901. The van der Waals surface area contributed by atoms with E-state index in [4.69, 9.17) is 16.3 Å². The fourth-order valence-electron chi connectivity index (χ4n) is 3.23. The first-order valence-corrected chi connectivity index (χ1v) is 8.39. The summed E-state index contributed by atoms with van der Waals surface area (Å²) in [7, 11) is 0. The van der Waals surface area contributed by atoms with Gasteiger partial charge in [-0.25, -0.2) is 0 Å². The number of anilines is 1. The maximum Gasteiger partial charge on any atom is 0.0755 e. The zero-order chi connectivity index (χ0) is 14.8. The van der Waals surface area contributed by atoms with E-state index in [9.17, 15) is 0 Å². The molecule has 0 saturated carbocycles. The number of morpholine rings is 1. The first kappa shape index (κ1) is 15.1. The van der Waals surface area contributed by atoms with Crippen LogP contribution in [0.1, 0.15) is 32.3 Å². The fourth-order valence-corrected chi connectivity index (χ4v) is 3.56. The van der Waals surface area contributed by atoms with Crippen molar-refractivity contribution in [1.29, 1.82) is 0 Å². The molecule has 0 radical (unpaired) electrons. The topological polar surface area (TPSA) is 24.5 Å². The third-order valence-electron chi connectivity index (χ3n) is 4.28. The summed E-state index contributed by atoms with van der Waals surface area (Å²) < 4.78 is 5.89. The summed E-state index contributed by atoms with van der Waals surface area (Å²) in [6.45, 7) is 8.30. The SMILES string of the molecule is CC(C)CNCc1ccc(N2CC3CCC(C2)O3)c(Cl)c1. The number of fused-ring (bicyclic) bond motifs is 2. The van der Waals surface area contributed by atoms with Gasteiger partial charge in [0, 0.05) is 19.6 Å². The number of rotatable bonds is 5. The minimum Gasteiger partial charge on any atom is -0.371 e. The van der Waals surface area contributed by atoms with Crippen LogP contribution < -0.4 is 10.2 Å². The lowest BCUT2D eigenvalue weighted by Crippen LogP contribution is -2.42. The van der Waals surface area contributed by atoms with Crippen LogP contribution in [-0.2, 0) is 11.3 Å². The number of halogens is 1. The lowest BCUT2D eigenvalue weighted by Gasteiger charge is -2.34. The van der Waals surface area contributed by atoms with Crippen molar-refractivity contribution < 1.29 is 4.74 Å². The molecule has 2 bridgehead atoms. The zero-order valence-corrected chi connectivity index (χ0v) is 13.7. The Bertz CT molecular complexity index is 480. The Morgan fingerprint density at radius 1 is 1.29 bits per heavy atom. The molecule has 2 saturated heterocycles. The number of nitrogens with one attached hydrogen (secondary N) is 1. The highest BCUT2D eigenvalue weighted by atomic mass is 35.5. The van der Waals surface area contributed by atoms with E-state index in [2.05, 4.69) is 42.3 Å². The van der Waals surface area contributed by atoms with Crippen LogP contribution in [0.3, 0.4) is 0 Å². The molecule has 2 unspecified atom stereocenters. The van der Waals surface area contributed by atoms with Gasteiger partial charge in [0.05, 0.1) is 22.9 Å². The van der Waals surface area contributed by atoms with E-state index in [0.29, 0.717) is 18.1 Å². The van der Waals surface area contributed by atoms with Gasteiger partial charge >= 0.3 is 0 Å². The van der Waals surface area contributed by atoms with Gasteiger partial charge in [-0.3, -0.25) is 0 Å². The second-order valence-electron chi connectivity index (χ2n) is 6.67. The first-order chi connectivity index (χ1) is 10.1. The molecule has 3 nitrogen and oxygen atoms in total. The van der Waals surface area contributed by atoms with Crippen LogP contribution in [0, 0.1) is 5.92 Å². The molecule has 0 aromatic heterocycles. The third kappa shape index (κ3) is 3.71. The predicted molar refractivity (Wildman–Crippen MR) is 88.1 cm³/mol. The summed E-state index contributed by atoms with van der Waals surface area (Å²) in [6, 6.07) is 6.45. The van der Waals surface area contributed by atoms with E-state index in [-0.39, 0.29) is 0 Å². The van der Waals surface area contributed by atoms with Gasteiger partial charge in [-0.1, -0.05) is 31.5 Å². The smallest absolute Gasteiger partial charge is 0.0755 e. The summed E-state index contributed by atoms with van der Waals surface area (Å²) in [5.41, 5.74) is 2.41. The number of nitrogens with zero attached hydrogens (tertiary/aromatic N) is 1. The molecule has 21 heavy (non-hydrogen) atoms.